The van der Waals surface area contributed by atoms with Crippen molar-refractivity contribution in [2.75, 3.05) is 0 Å². The lowest BCUT2D eigenvalue weighted by atomic mass is 9.82. The van der Waals surface area contributed by atoms with Gasteiger partial charge in [-0.2, -0.15) is 0 Å². The highest BCUT2D eigenvalue weighted by Gasteiger charge is 2.27. The molecule has 0 unspecified atom stereocenters. The van der Waals surface area contributed by atoms with Gasteiger partial charge in [0.15, 0.2) is 5.01 Å². The molecule has 0 radical (unpaired) electrons. The van der Waals surface area contributed by atoms with Gasteiger partial charge in [-0.3, -0.25) is 4.79 Å². The lowest BCUT2D eigenvalue weighted by molar-refractivity contribution is -0.140. The molecule has 1 fully saturated rings. The largest absolute Gasteiger partial charge is 0.461 e. The highest BCUT2D eigenvalue weighted by molar-refractivity contribution is 7.89. The maximum absolute atomic E-state index is 12.6. The van der Waals surface area contributed by atoms with Crippen molar-refractivity contribution in [1.82, 2.24) is 19.9 Å². The van der Waals surface area contributed by atoms with Gasteiger partial charge in [0.1, 0.15) is 5.60 Å². The molecule has 0 bridgehead atoms. The first-order valence-electron chi connectivity index (χ1n) is 11.7. The molecule has 9 nitrogen and oxygen atoms in total. The van der Waals surface area contributed by atoms with E-state index in [4.69, 9.17) is 25.7 Å². The number of hydrogen-bond acceptors (Lipinski definition) is 9. The van der Waals surface area contributed by atoms with Crippen LogP contribution < -0.4 is 4.72 Å². The number of thiazole rings is 1. The maximum atomic E-state index is 12.6. The zero-order valence-electron chi connectivity index (χ0n) is 20.6. The second kappa shape index (κ2) is 10.6. The molecule has 0 spiro atoms. The number of ether oxygens (including phenoxy) is 1. The number of nitrogens with one attached hydrogen (secondary N) is 1. The standard InChI is InChI=1S/C24H29ClN4O5S2/c1-14(2)29-36(31,32)16-8-9-17(18(25)11-16)21-19(10-15-6-5-7-15)26-23(35-21)22-28-27-20(34-22)12-24(3,4)33-13-30/h8-9,11,13-15,29H,5-7,10,12H2,1-4H3. The normalized spacial score (nSPS) is 14.7. The van der Waals surface area contributed by atoms with Crippen LogP contribution in [0.5, 0.6) is 0 Å². The Morgan fingerprint density at radius 2 is 2.06 bits per heavy atom. The molecule has 36 heavy (non-hydrogen) atoms. The number of rotatable bonds is 11. The van der Waals surface area contributed by atoms with Crippen molar-refractivity contribution in [2.24, 2.45) is 5.92 Å². The first kappa shape index (κ1) is 26.7. The van der Waals surface area contributed by atoms with Gasteiger partial charge in [-0.25, -0.2) is 18.1 Å². The fourth-order valence-corrected chi connectivity index (χ4v) is 6.66. The third kappa shape index (κ3) is 6.13. The van der Waals surface area contributed by atoms with E-state index in [1.807, 2.05) is 0 Å². The van der Waals surface area contributed by atoms with E-state index in [-0.39, 0.29) is 23.2 Å². The molecule has 0 aliphatic heterocycles. The van der Waals surface area contributed by atoms with E-state index in [0.717, 1.165) is 29.8 Å². The Hall–Kier alpha value is -2.34. The summed E-state index contributed by atoms with van der Waals surface area (Å²) in [6.45, 7) is 7.44. The average molecular weight is 553 g/mol. The van der Waals surface area contributed by atoms with Crippen LogP contribution in [0.2, 0.25) is 5.02 Å². The van der Waals surface area contributed by atoms with Gasteiger partial charge in [-0.1, -0.05) is 36.9 Å². The molecule has 1 aliphatic carbocycles. The Morgan fingerprint density at radius 3 is 2.67 bits per heavy atom. The molecule has 1 N–H and O–H groups in total. The summed E-state index contributed by atoms with van der Waals surface area (Å²) in [5.74, 6) is 1.15. The lowest BCUT2D eigenvalue weighted by Crippen LogP contribution is -2.30. The summed E-state index contributed by atoms with van der Waals surface area (Å²) in [5.41, 5.74) is 0.801. The Bertz CT molecular complexity index is 1350. The Balaban J connectivity index is 1.68. The van der Waals surface area contributed by atoms with Gasteiger partial charge in [-0.15, -0.1) is 21.5 Å². The Kier molecular flexibility index (Phi) is 7.84. The third-order valence-electron chi connectivity index (χ3n) is 5.88. The van der Waals surface area contributed by atoms with Crippen molar-refractivity contribution >= 4 is 39.4 Å². The van der Waals surface area contributed by atoms with Crippen LogP contribution in [0.15, 0.2) is 27.5 Å². The first-order chi connectivity index (χ1) is 17.0. The SMILES string of the molecule is CC(C)NS(=O)(=O)c1ccc(-c2sc(-c3nnc(CC(C)(C)OC=O)o3)nc2CC2CCC2)c(Cl)c1. The maximum Gasteiger partial charge on any atom is 0.293 e. The summed E-state index contributed by atoms with van der Waals surface area (Å²) in [6, 6.07) is 4.51. The van der Waals surface area contributed by atoms with Gasteiger partial charge in [0.2, 0.25) is 15.9 Å². The summed E-state index contributed by atoms with van der Waals surface area (Å²) in [7, 11) is -3.67. The summed E-state index contributed by atoms with van der Waals surface area (Å²) >= 11 is 8.00. The van der Waals surface area contributed by atoms with Gasteiger partial charge >= 0.3 is 0 Å². The predicted molar refractivity (Wildman–Crippen MR) is 137 cm³/mol. The summed E-state index contributed by atoms with van der Waals surface area (Å²) in [4.78, 5) is 16.5. The van der Waals surface area contributed by atoms with Gasteiger partial charge in [-0.05, 0) is 52.2 Å². The second-order valence-electron chi connectivity index (χ2n) is 9.87. The predicted octanol–water partition coefficient (Wildman–Crippen LogP) is 5.04. The van der Waals surface area contributed by atoms with Gasteiger partial charge < -0.3 is 9.15 Å². The van der Waals surface area contributed by atoms with Crippen molar-refractivity contribution < 1.29 is 22.4 Å². The van der Waals surface area contributed by atoms with Crippen molar-refractivity contribution in [3.8, 4) is 21.3 Å². The van der Waals surface area contributed by atoms with Crippen molar-refractivity contribution in [3.05, 3.63) is 34.8 Å². The van der Waals surface area contributed by atoms with Gasteiger partial charge in [0.05, 0.1) is 26.9 Å². The minimum absolute atomic E-state index is 0.108. The van der Waals surface area contributed by atoms with Crippen LogP contribution in [0, 0.1) is 5.92 Å². The number of halogens is 1. The van der Waals surface area contributed by atoms with Crippen LogP contribution in [-0.4, -0.2) is 41.7 Å². The molecule has 2 heterocycles. The molecule has 0 atom stereocenters. The minimum Gasteiger partial charge on any atom is -0.461 e. The highest BCUT2D eigenvalue weighted by atomic mass is 35.5. The summed E-state index contributed by atoms with van der Waals surface area (Å²) in [5, 5.41) is 9.13. The number of hydrogen-bond donors (Lipinski definition) is 1. The fraction of sp³-hybridized carbons (Fsp3) is 0.500. The van der Waals surface area contributed by atoms with E-state index in [9.17, 15) is 13.2 Å². The second-order valence-corrected chi connectivity index (χ2v) is 13.0. The van der Waals surface area contributed by atoms with Crippen LogP contribution in [0.25, 0.3) is 21.3 Å². The summed E-state index contributed by atoms with van der Waals surface area (Å²) < 4.78 is 38.7. The topological polar surface area (TPSA) is 124 Å². The van der Waals surface area contributed by atoms with E-state index in [2.05, 4.69) is 14.9 Å². The number of aromatic nitrogens is 3. The van der Waals surface area contributed by atoms with Crippen molar-refractivity contribution in [2.45, 2.75) is 76.3 Å². The van der Waals surface area contributed by atoms with Crippen molar-refractivity contribution in [1.29, 1.82) is 0 Å². The minimum atomic E-state index is -3.67. The number of carbonyl (C=O) groups is 1. The first-order valence-corrected chi connectivity index (χ1v) is 14.4. The molecule has 3 aromatic rings. The molecular formula is C24H29ClN4O5S2. The van der Waals surface area contributed by atoms with Crippen LogP contribution >= 0.6 is 22.9 Å². The molecule has 4 rings (SSSR count). The van der Waals surface area contributed by atoms with E-state index in [1.54, 1.807) is 39.8 Å². The summed E-state index contributed by atoms with van der Waals surface area (Å²) in [6.07, 6.45) is 4.55. The lowest BCUT2D eigenvalue weighted by Gasteiger charge is -2.24. The zero-order valence-corrected chi connectivity index (χ0v) is 23.0. The van der Waals surface area contributed by atoms with Crippen LogP contribution in [0.3, 0.4) is 0 Å². The van der Waals surface area contributed by atoms with Crippen LogP contribution in [0.4, 0.5) is 0 Å². The molecule has 0 saturated heterocycles. The fourth-order valence-electron chi connectivity index (χ4n) is 3.94. The molecule has 1 aliphatic rings. The van der Waals surface area contributed by atoms with E-state index >= 15 is 0 Å². The molecule has 1 saturated carbocycles. The monoisotopic (exact) mass is 552 g/mol. The molecule has 194 valence electrons. The number of nitrogens with zero attached hydrogens (tertiary/aromatic N) is 3. The highest BCUT2D eigenvalue weighted by Crippen LogP contribution is 2.42. The van der Waals surface area contributed by atoms with E-state index in [0.29, 0.717) is 33.9 Å². The molecular weight excluding hydrogens is 524 g/mol. The Labute approximate surface area is 219 Å². The van der Waals surface area contributed by atoms with Crippen LogP contribution in [-0.2, 0) is 32.4 Å². The van der Waals surface area contributed by atoms with Gasteiger partial charge in [0, 0.05) is 11.6 Å². The molecule has 2 aromatic heterocycles. The molecule has 0 amide bonds. The molecule has 1 aromatic carbocycles. The third-order valence-corrected chi connectivity index (χ3v) is 8.97. The number of benzene rings is 1. The van der Waals surface area contributed by atoms with E-state index in [1.165, 1.54) is 23.8 Å². The van der Waals surface area contributed by atoms with E-state index < -0.39 is 15.6 Å². The quantitative estimate of drug-likeness (QED) is 0.328. The Morgan fingerprint density at radius 1 is 1.31 bits per heavy atom. The molecule has 12 heteroatoms. The zero-order chi connectivity index (χ0) is 26.1. The smallest absolute Gasteiger partial charge is 0.293 e. The average Bonchev–Trinajstić information content (AvgIpc) is 3.36. The van der Waals surface area contributed by atoms with Gasteiger partial charge in [0.25, 0.3) is 12.4 Å². The number of carbonyl (C=O) groups excluding carboxylic acids is 1. The number of sulfonamides is 1. The van der Waals surface area contributed by atoms with Crippen LogP contribution in [0.1, 0.15) is 58.5 Å². The van der Waals surface area contributed by atoms with Crippen molar-refractivity contribution in [3.63, 3.8) is 0 Å².